The summed E-state index contributed by atoms with van der Waals surface area (Å²) in [5.74, 6) is -2.59. The first kappa shape index (κ1) is 20.0. The van der Waals surface area contributed by atoms with E-state index in [0.717, 1.165) is 4.90 Å². The zero-order valence-corrected chi connectivity index (χ0v) is 15.3. The van der Waals surface area contributed by atoms with E-state index in [1.807, 2.05) is 0 Å². The van der Waals surface area contributed by atoms with Gasteiger partial charge in [0.05, 0.1) is 0 Å². The van der Waals surface area contributed by atoms with E-state index >= 15 is 0 Å². The number of imide groups is 1. The summed E-state index contributed by atoms with van der Waals surface area (Å²) < 4.78 is 0. The lowest BCUT2D eigenvalue weighted by molar-refractivity contribution is -0.147. The minimum Gasteiger partial charge on any atom is -0.341 e. The molecule has 2 N–H and O–H groups in total. The molecule has 10 heteroatoms. The van der Waals surface area contributed by atoms with Crippen molar-refractivity contribution in [2.45, 2.75) is 5.79 Å². The lowest BCUT2D eigenvalue weighted by Crippen LogP contribution is -2.70. The molecule has 1 unspecified atom stereocenters. The molecule has 2 fully saturated rings. The summed E-state index contributed by atoms with van der Waals surface area (Å²) in [7, 11) is 1.41. The Morgan fingerprint density at radius 3 is 2.15 bits per heavy atom. The Morgan fingerprint density at radius 1 is 1.04 bits per heavy atom. The first-order valence-electron chi connectivity index (χ1n) is 8.42. The van der Waals surface area contributed by atoms with Crippen LogP contribution in [0.3, 0.4) is 0 Å². The molecule has 10 nitrogen and oxygen atoms in total. The first-order chi connectivity index (χ1) is 12.9. The average molecular weight is 376 g/mol. The zero-order chi connectivity index (χ0) is 20.2. The minimum absolute atomic E-state index is 0.0308. The number of carbonyl (C=O) groups is 4. The molecule has 1 atom stereocenters. The standard InChI is InChI=1S/C17H24N6O4/c1-5-8-19-15(26)22-12-11-21(14(25)18-4)17(22)13(24)20(9-6-2)16(27)23(17)10-7-3/h5-7H,1-3,8-12H2,4H3,(H,18,25)(H,19,26). The molecule has 2 aliphatic heterocycles. The largest absolute Gasteiger partial charge is 0.341 e. The molecule has 1 spiro atoms. The number of rotatable bonds is 6. The fourth-order valence-corrected chi connectivity index (χ4v) is 3.34. The van der Waals surface area contributed by atoms with E-state index in [2.05, 4.69) is 30.4 Å². The summed E-state index contributed by atoms with van der Waals surface area (Å²) in [4.78, 5) is 56.0. The highest BCUT2D eigenvalue weighted by Gasteiger charge is 2.68. The molecule has 146 valence electrons. The van der Waals surface area contributed by atoms with Crippen molar-refractivity contribution in [1.29, 1.82) is 0 Å². The number of hydrogen-bond acceptors (Lipinski definition) is 4. The lowest BCUT2D eigenvalue weighted by Gasteiger charge is -2.42. The molecule has 2 heterocycles. The van der Waals surface area contributed by atoms with Gasteiger partial charge in [0.25, 0.3) is 5.79 Å². The number of nitrogens with one attached hydrogen (secondary N) is 2. The summed E-state index contributed by atoms with van der Waals surface area (Å²) in [6.07, 6.45) is 4.33. The molecule has 0 bridgehead atoms. The third kappa shape index (κ3) is 2.92. The monoisotopic (exact) mass is 376 g/mol. The normalized spacial score (nSPS) is 21.7. The number of carbonyl (C=O) groups excluding carboxylic acids is 4. The second-order valence-electron chi connectivity index (χ2n) is 5.85. The maximum absolute atomic E-state index is 13.4. The summed E-state index contributed by atoms with van der Waals surface area (Å²) in [5.41, 5.74) is 0. The predicted molar refractivity (Wildman–Crippen MR) is 98.4 cm³/mol. The smallest absolute Gasteiger partial charge is 0.331 e. The molecule has 7 amide bonds. The molecule has 2 rings (SSSR count). The van der Waals surface area contributed by atoms with Crippen LogP contribution >= 0.6 is 0 Å². The van der Waals surface area contributed by atoms with Gasteiger partial charge in [0, 0.05) is 39.8 Å². The van der Waals surface area contributed by atoms with Gasteiger partial charge in [-0.05, 0) is 0 Å². The van der Waals surface area contributed by atoms with Crippen molar-refractivity contribution in [2.75, 3.05) is 39.8 Å². The van der Waals surface area contributed by atoms with Crippen molar-refractivity contribution >= 4 is 24.0 Å². The van der Waals surface area contributed by atoms with Gasteiger partial charge in [-0.25, -0.2) is 14.4 Å². The Bertz CT molecular complexity index is 693. The number of amides is 7. The second kappa shape index (κ2) is 7.94. The Kier molecular flexibility index (Phi) is 5.88. The highest BCUT2D eigenvalue weighted by atomic mass is 16.2. The minimum atomic E-state index is -1.90. The maximum atomic E-state index is 13.4. The fourth-order valence-electron chi connectivity index (χ4n) is 3.34. The van der Waals surface area contributed by atoms with Crippen LogP contribution in [0.4, 0.5) is 14.4 Å². The maximum Gasteiger partial charge on any atom is 0.331 e. The predicted octanol–water partition coefficient (Wildman–Crippen LogP) is 0.129. The third-order valence-corrected chi connectivity index (χ3v) is 4.40. The van der Waals surface area contributed by atoms with Crippen LogP contribution in [0, 0.1) is 0 Å². The van der Waals surface area contributed by atoms with Crippen molar-refractivity contribution < 1.29 is 19.2 Å². The molecule has 0 aromatic rings. The van der Waals surface area contributed by atoms with Gasteiger partial charge in [0.2, 0.25) is 0 Å². The van der Waals surface area contributed by atoms with E-state index in [1.165, 1.54) is 40.0 Å². The van der Waals surface area contributed by atoms with Gasteiger partial charge in [0.15, 0.2) is 0 Å². The van der Waals surface area contributed by atoms with Crippen LogP contribution in [0.25, 0.3) is 0 Å². The fraction of sp³-hybridized carbons (Fsp3) is 0.412. The Balaban J connectivity index is 2.62. The van der Waals surface area contributed by atoms with E-state index in [0.29, 0.717) is 0 Å². The first-order valence-corrected chi connectivity index (χ1v) is 8.42. The van der Waals surface area contributed by atoms with E-state index in [4.69, 9.17) is 0 Å². The quantitative estimate of drug-likeness (QED) is 0.508. The Labute approximate surface area is 157 Å². The molecule has 0 aromatic carbocycles. The van der Waals surface area contributed by atoms with E-state index in [-0.39, 0.29) is 32.7 Å². The van der Waals surface area contributed by atoms with Crippen molar-refractivity contribution in [3.63, 3.8) is 0 Å². The Hall–Kier alpha value is -3.30. The topological polar surface area (TPSA) is 105 Å². The van der Waals surface area contributed by atoms with Crippen LogP contribution in [0.2, 0.25) is 0 Å². The van der Waals surface area contributed by atoms with Crippen molar-refractivity contribution in [3.05, 3.63) is 38.0 Å². The summed E-state index contributed by atoms with van der Waals surface area (Å²) in [5, 5.41) is 5.07. The summed E-state index contributed by atoms with van der Waals surface area (Å²) in [6.45, 7) is 11.0. The van der Waals surface area contributed by atoms with Crippen molar-refractivity contribution in [1.82, 2.24) is 30.2 Å². The lowest BCUT2D eigenvalue weighted by atomic mass is 10.2. The summed E-state index contributed by atoms with van der Waals surface area (Å²) in [6, 6.07) is -1.79. The molecule has 27 heavy (non-hydrogen) atoms. The highest BCUT2D eigenvalue weighted by molar-refractivity contribution is 6.09. The van der Waals surface area contributed by atoms with Gasteiger partial charge in [-0.1, -0.05) is 18.2 Å². The van der Waals surface area contributed by atoms with Crippen LogP contribution in [-0.4, -0.2) is 89.2 Å². The molecule has 2 saturated heterocycles. The van der Waals surface area contributed by atoms with Gasteiger partial charge in [-0.15, -0.1) is 19.7 Å². The molecule has 0 aliphatic carbocycles. The van der Waals surface area contributed by atoms with E-state index in [1.54, 1.807) is 0 Å². The van der Waals surface area contributed by atoms with Crippen LogP contribution in [0.5, 0.6) is 0 Å². The Morgan fingerprint density at radius 2 is 1.63 bits per heavy atom. The van der Waals surface area contributed by atoms with Gasteiger partial charge >= 0.3 is 24.0 Å². The van der Waals surface area contributed by atoms with E-state index < -0.39 is 29.8 Å². The molecule has 2 aliphatic rings. The van der Waals surface area contributed by atoms with Gasteiger partial charge < -0.3 is 10.6 Å². The second-order valence-corrected chi connectivity index (χ2v) is 5.85. The van der Waals surface area contributed by atoms with Crippen LogP contribution in [-0.2, 0) is 4.79 Å². The molecular formula is C17H24N6O4. The van der Waals surface area contributed by atoms with Gasteiger partial charge in [0.1, 0.15) is 0 Å². The van der Waals surface area contributed by atoms with E-state index in [9.17, 15) is 19.2 Å². The molecular weight excluding hydrogens is 352 g/mol. The van der Waals surface area contributed by atoms with Crippen LogP contribution in [0.15, 0.2) is 38.0 Å². The third-order valence-electron chi connectivity index (χ3n) is 4.40. The number of nitrogens with zero attached hydrogens (tertiary/aromatic N) is 4. The van der Waals surface area contributed by atoms with Crippen molar-refractivity contribution in [2.24, 2.45) is 0 Å². The highest BCUT2D eigenvalue weighted by Crippen LogP contribution is 2.38. The van der Waals surface area contributed by atoms with Crippen molar-refractivity contribution in [3.8, 4) is 0 Å². The zero-order valence-electron chi connectivity index (χ0n) is 15.3. The molecule has 0 saturated carbocycles. The van der Waals surface area contributed by atoms with Crippen LogP contribution in [0.1, 0.15) is 0 Å². The van der Waals surface area contributed by atoms with Gasteiger partial charge in [-0.2, -0.15) is 0 Å². The van der Waals surface area contributed by atoms with Crippen LogP contribution < -0.4 is 10.6 Å². The van der Waals surface area contributed by atoms with Gasteiger partial charge in [-0.3, -0.25) is 24.4 Å². The molecule has 0 aromatic heterocycles. The average Bonchev–Trinajstić information content (AvgIpc) is 3.15. The molecule has 0 radical (unpaired) electrons. The SMILES string of the molecule is C=CCNC(=O)N1CCN(C(=O)NC)C12C(=O)N(CC=C)C(=O)N2CC=C. The number of urea groups is 3. The number of hydrogen-bond donors (Lipinski definition) is 2. The summed E-state index contributed by atoms with van der Waals surface area (Å²) >= 11 is 0.